The maximum absolute atomic E-state index is 6.31. The van der Waals surface area contributed by atoms with Gasteiger partial charge in [0, 0.05) is 6.54 Å². The lowest BCUT2D eigenvalue weighted by Gasteiger charge is -2.16. The maximum atomic E-state index is 6.31. The largest absolute Gasteiger partial charge is 0.485 e. The molecule has 0 amide bonds. The molecule has 3 aromatic carbocycles. The van der Waals surface area contributed by atoms with E-state index >= 15 is 0 Å². The summed E-state index contributed by atoms with van der Waals surface area (Å²) in [7, 11) is 0. The van der Waals surface area contributed by atoms with Crippen LogP contribution in [0.2, 0.25) is 0 Å². The van der Waals surface area contributed by atoms with Crippen LogP contribution in [0, 0.1) is 13.8 Å². The second-order valence-electron chi connectivity index (χ2n) is 8.08. The summed E-state index contributed by atoms with van der Waals surface area (Å²) in [6.45, 7) is 9.86. The first-order valence-corrected chi connectivity index (χ1v) is 10.2. The van der Waals surface area contributed by atoms with Gasteiger partial charge in [-0.3, -0.25) is 0 Å². The van der Waals surface area contributed by atoms with Crippen molar-refractivity contribution in [1.82, 2.24) is 9.55 Å². The van der Waals surface area contributed by atoms with Gasteiger partial charge >= 0.3 is 0 Å². The predicted octanol–water partition coefficient (Wildman–Crippen LogP) is 6.40. The van der Waals surface area contributed by atoms with Crippen molar-refractivity contribution in [1.29, 1.82) is 0 Å². The van der Waals surface area contributed by atoms with E-state index in [1.54, 1.807) is 0 Å². The molecule has 0 aliphatic heterocycles. The molecule has 0 saturated heterocycles. The summed E-state index contributed by atoms with van der Waals surface area (Å²) in [6.07, 6.45) is 0. The number of hydrogen-bond donors (Lipinski definition) is 0. The number of imidazole rings is 1. The van der Waals surface area contributed by atoms with Crippen LogP contribution >= 0.6 is 0 Å². The monoisotopic (exact) mass is 384 g/mol. The van der Waals surface area contributed by atoms with E-state index in [2.05, 4.69) is 92.9 Å². The quantitative estimate of drug-likeness (QED) is 0.384. The molecule has 0 aliphatic carbocycles. The molecule has 29 heavy (non-hydrogen) atoms. The Morgan fingerprint density at radius 1 is 0.897 bits per heavy atom. The molecule has 0 fully saturated rings. The average Bonchev–Trinajstić information content (AvgIpc) is 3.04. The van der Waals surface area contributed by atoms with Gasteiger partial charge in [0.15, 0.2) is 0 Å². The Morgan fingerprint density at radius 2 is 1.69 bits per heavy atom. The van der Waals surface area contributed by atoms with E-state index in [0.717, 1.165) is 29.2 Å². The lowest BCUT2D eigenvalue weighted by atomic mass is 10.0. The van der Waals surface area contributed by atoms with Crippen LogP contribution in [0.5, 0.6) is 5.75 Å². The molecule has 0 spiro atoms. The first-order chi connectivity index (χ1) is 14.0. The van der Waals surface area contributed by atoms with Crippen molar-refractivity contribution in [3.8, 4) is 5.75 Å². The van der Waals surface area contributed by atoms with Crippen molar-refractivity contribution in [2.45, 2.75) is 46.8 Å². The Morgan fingerprint density at radius 3 is 2.48 bits per heavy atom. The zero-order valence-corrected chi connectivity index (χ0v) is 17.6. The van der Waals surface area contributed by atoms with Crippen molar-refractivity contribution in [3.63, 3.8) is 0 Å². The molecule has 0 N–H and O–H groups in total. The highest BCUT2D eigenvalue weighted by Crippen LogP contribution is 2.28. The number of aryl methyl sites for hydroxylation is 2. The third-order valence-corrected chi connectivity index (χ3v) is 5.30. The van der Waals surface area contributed by atoms with E-state index < -0.39 is 0 Å². The van der Waals surface area contributed by atoms with Gasteiger partial charge < -0.3 is 9.30 Å². The second-order valence-corrected chi connectivity index (χ2v) is 8.08. The standard InChI is InChI=1S/C26H28N2O/c1-18(2)22-13-12-20(4)15-25(22)29-17-26-27-23-10-5-6-11-24(23)28(26)16-21-9-7-8-19(3)14-21/h5-15,18H,16-17H2,1-4H3. The lowest BCUT2D eigenvalue weighted by molar-refractivity contribution is 0.287. The van der Waals surface area contributed by atoms with Crippen LogP contribution < -0.4 is 4.74 Å². The Bertz CT molecular complexity index is 1140. The van der Waals surface area contributed by atoms with E-state index in [4.69, 9.17) is 9.72 Å². The molecule has 1 heterocycles. The van der Waals surface area contributed by atoms with Gasteiger partial charge in [-0.1, -0.05) is 67.9 Å². The minimum absolute atomic E-state index is 0.414. The SMILES string of the molecule is Cc1cccc(Cn2c(COc3cc(C)ccc3C(C)C)nc3ccccc32)c1. The van der Waals surface area contributed by atoms with Crippen LogP contribution in [0.1, 0.15) is 47.8 Å². The van der Waals surface area contributed by atoms with Crippen LogP contribution in [0.4, 0.5) is 0 Å². The van der Waals surface area contributed by atoms with Crippen molar-refractivity contribution < 1.29 is 4.74 Å². The minimum Gasteiger partial charge on any atom is -0.485 e. The normalized spacial score (nSPS) is 11.3. The minimum atomic E-state index is 0.414. The van der Waals surface area contributed by atoms with Gasteiger partial charge in [0.1, 0.15) is 18.2 Å². The zero-order valence-electron chi connectivity index (χ0n) is 17.6. The molecule has 4 rings (SSSR count). The Balaban J connectivity index is 1.68. The highest BCUT2D eigenvalue weighted by atomic mass is 16.5. The summed E-state index contributed by atoms with van der Waals surface area (Å²) in [4.78, 5) is 4.88. The lowest BCUT2D eigenvalue weighted by Crippen LogP contribution is -2.09. The van der Waals surface area contributed by atoms with Crippen molar-refractivity contribution >= 4 is 11.0 Å². The number of para-hydroxylation sites is 2. The highest BCUT2D eigenvalue weighted by molar-refractivity contribution is 5.76. The summed E-state index contributed by atoms with van der Waals surface area (Å²) >= 11 is 0. The molecular weight excluding hydrogens is 356 g/mol. The summed E-state index contributed by atoms with van der Waals surface area (Å²) in [5.41, 5.74) is 7.13. The van der Waals surface area contributed by atoms with Crippen LogP contribution in [0.3, 0.4) is 0 Å². The molecule has 4 aromatic rings. The van der Waals surface area contributed by atoms with Crippen LogP contribution in [0.25, 0.3) is 11.0 Å². The predicted molar refractivity (Wildman–Crippen MR) is 120 cm³/mol. The fourth-order valence-corrected chi connectivity index (χ4v) is 3.79. The second kappa shape index (κ2) is 8.12. The number of rotatable bonds is 6. The van der Waals surface area contributed by atoms with E-state index in [0.29, 0.717) is 12.5 Å². The third kappa shape index (κ3) is 4.19. The topological polar surface area (TPSA) is 27.1 Å². The number of nitrogens with zero attached hydrogens (tertiary/aromatic N) is 2. The van der Waals surface area contributed by atoms with Gasteiger partial charge in [-0.2, -0.15) is 0 Å². The molecule has 0 atom stereocenters. The summed E-state index contributed by atoms with van der Waals surface area (Å²) in [5, 5.41) is 0. The van der Waals surface area contributed by atoms with Crippen LogP contribution in [-0.4, -0.2) is 9.55 Å². The zero-order chi connectivity index (χ0) is 20.4. The molecule has 1 aromatic heterocycles. The van der Waals surface area contributed by atoms with Gasteiger partial charge in [0.25, 0.3) is 0 Å². The molecular formula is C26H28N2O. The van der Waals surface area contributed by atoms with Gasteiger partial charge in [-0.15, -0.1) is 0 Å². The Hall–Kier alpha value is -3.07. The van der Waals surface area contributed by atoms with Crippen LogP contribution in [-0.2, 0) is 13.2 Å². The maximum Gasteiger partial charge on any atom is 0.148 e. The van der Waals surface area contributed by atoms with E-state index in [-0.39, 0.29) is 0 Å². The van der Waals surface area contributed by atoms with E-state index in [9.17, 15) is 0 Å². The fraction of sp³-hybridized carbons (Fsp3) is 0.269. The number of hydrogen-bond acceptors (Lipinski definition) is 2. The molecule has 148 valence electrons. The van der Waals surface area contributed by atoms with E-state index in [1.165, 1.54) is 22.3 Å². The molecule has 0 saturated carbocycles. The highest BCUT2D eigenvalue weighted by Gasteiger charge is 2.14. The number of benzene rings is 3. The van der Waals surface area contributed by atoms with Crippen molar-refractivity contribution in [3.05, 3.63) is 94.8 Å². The van der Waals surface area contributed by atoms with Crippen molar-refractivity contribution in [2.75, 3.05) is 0 Å². The van der Waals surface area contributed by atoms with E-state index in [1.807, 2.05) is 6.07 Å². The molecule has 3 nitrogen and oxygen atoms in total. The smallest absolute Gasteiger partial charge is 0.148 e. The first-order valence-electron chi connectivity index (χ1n) is 10.2. The van der Waals surface area contributed by atoms with Gasteiger partial charge in [-0.05, 0) is 54.7 Å². The molecule has 3 heteroatoms. The Kier molecular flexibility index (Phi) is 5.39. The van der Waals surface area contributed by atoms with Crippen LogP contribution in [0.15, 0.2) is 66.7 Å². The molecule has 0 aliphatic rings. The first kappa shape index (κ1) is 19.3. The summed E-state index contributed by atoms with van der Waals surface area (Å²) < 4.78 is 8.59. The van der Waals surface area contributed by atoms with Gasteiger partial charge in [0.2, 0.25) is 0 Å². The van der Waals surface area contributed by atoms with Crippen molar-refractivity contribution in [2.24, 2.45) is 0 Å². The number of fused-ring (bicyclic) bond motifs is 1. The number of aromatic nitrogens is 2. The van der Waals surface area contributed by atoms with Gasteiger partial charge in [0.05, 0.1) is 11.0 Å². The molecule has 0 bridgehead atoms. The summed E-state index contributed by atoms with van der Waals surface area (Å²) in [5.74, 6) is 2.31. The third-order valence-electron chi connectivity index (χ3n) is 5.30. The molecule has 0 unspecified atom stereocenters. The average molecular weight is 385 g/mol. The molecule has 0 radical (unpaired) electrons. The number of ether oxygens (including phenoxy) is 1. The Labute approximate surface area is 173 Å². The fourth-order valence-electron chi connectivity index (χ4n) is 3.79. The van der Waals surface area contributed by atoms with Gasteiger partial charge in [-0.25, -0.2) is 4.98 Å². The summed E-state index contributed by atoms with van der Waals surface area (Å²) in [6, 6.07) is 23.4.